The van der Waals surface area contributed by atoms with Crippen molar-refractivity contribution in [1.82, 2.24) is 0 Å². The quantitative estimate of drug-likeness (QED) is 0.661. The van der Waals surface area contributed by atoms with Gasteiger partial charge in [0.2, 0.25) is 0 Å². The zero-order chi connectivity index (χ0) is 20.2. The van der Waals surface area contributed by atoms with Crippen molar-refractivity contribution in [3.05, 3.63) is 59.7 Å². The first-order valence-corrected chi connectivity index (χ1v) is 9.75. The third kappa shape index (κ3) is 6.52. The molecular weight excluding hydrogens is 387 g/mol. The van der Waals surface area contributed by atoms with Crippen LogP contribution in [0.4, 0.5) is 0 Å². The number of carbonyl (C=O) groups is 2. The van der Waals surface area contributed by atoms with Gasteiger partial charge in [-0.1, -0.05) is 0 Å². The average Bonchev–Trinajstić information content (AvgIpc) is 2.52. The summed E-state index contributed by atoms with van der Waals surface area (Å²) >= 11 is 0.0925. The van der Waals surface area contributed by atoms with Crippen molar-refractivity contribution in [2.45, 2.75) is 52.7 Å². The predicted molar refractivity (Wildman–Crippen MR) is 102 cm³/mol. The van der Waals surface area contributed by atoms with Crippen molar-refractivity contribution >= 4 is 9.44 Å². The Hall–Kier alpha value is -2.11. The van der Waals surface area contributed by atoms with Gasteiger partial charge in [-0.3, -0.25) is 0 Å². The van der Waals surface area contributed by atoms with Crippen LogP contribution in [0.3, 0.4) is 0 Å². The van der Waals surface area contributed by atoms with Gasteiger partial charge in [0.1, 0.15) is 0 Å². The van der Waals surface area contributed by atoms with Crippen molar-refractivity contribution in [1.29, 1.82) is 0 Å². The van der Waals surface area contributed by atoms with Gasteiger partial charge in [0, 0.05) is 0 Å². The molecule has 2 aromatic carbocycles. The van der Waals surface area contributed by atoms with E-state index in [0.29, 0.717) is 22.6 Å². The Balaban J connectivity index is 2.24. The van der Waals surface area contributed by atoms with E-state index in [4.69, 9.17) is 9.47 Å². The van der Waals surface area contributed by atoms with Crippen LogP contribution >= 0.6 is 0 Å². The fraction of sp³-hybridized carbons (Fsp3) is 0.364. The van der Waals surface area contributed by atoms with Crippen LogP contribution in [-0.4, -0.2) is 20.6 Å². The normalized spacial score (nSPS) is 11.9. The van der Waals surface area contributed by atoms with E-state index >= 15 is 0 Å². The monoisotopic (exact) mass is 413 g/mol. The number of hydrogen-bond donors (Lipinski definition) is 0. The van der Waals surface area contributed by atoms with Crippen LogP contribution in [0.25, 0.3) is 0 Å². The summed E-state index contributed by atoms with van der Waals surface area (Å²) in [5.74, 6) is 0.960. The first-order chi connectivity index (χ1) is 12.5. The minimum atomic E-state index is -0.440. The van der Waals surface area contributed by atoms with Crippen LogP contribution in [0.5, 0.6) is 11.5 Å². The second-order valence-corrected chi connectivity index (χ2v) is 9.22. The van der Waals surface area contributed by atoms with Crippen molar-refractivity contribution in [2.24, 2.45) is 0 Å². The zero-order valence-corrected chi connectivity index (χ0v) is 17.6. The SMILES string of the molecule is CC(C)(C)Oc1ccccc1[C](=O)[Co][C](=O)c1ccccc1OC(C)(C)C. The minimum absolute atomic E-state index is 0.0925. The number of hydrogen-bond acceptors (Lipinski definition) is 4. The van der Waals surface area contributed by atoms with Crippen LogP contribution in [0.1, 0.15) is 62.3 Å². The van der Waals surface area contributed by atoms with E-state index < -0.39 is 11.2 Å². The number of carbonyl (C=O) groups excluding carboxylic acids is 2. The number of benzene rings is 2. The summed E-state index contributed by atoms with van der Waals surface area (Å²) in [5.41, 5.74) is -0.0846. The molecule has 0 spiro atoms. The van der Waals surface area contributed by atoms with Crippen LogP contribution < -0.4 is 9.47 Å². The molecule has 0 aliphatic rings. The van der Waals surface area contributed by atoms with Crippen LogP contribution in [0.2, 0.25) is 0 Å². The van der Waals surface area contributed by atoms with Gasteiger partial charge in [0.15, 0.2) is 0 Å². The molecule has 0 N–H and O–H groups in total. The fourth-order valence-electron chi connectivity index (χ4n) is 2.24. The molecule has 4 nitrogen and oxygen atoms in total. The molecule has 0 aliphatic heterocycles. The third-order valence-corrected chi connectivity index (χ3v) is 4.19. The number of ether oxygens (including phenoxy) is 2. The van der Waals surface area contributed by atoms with Crippen LogP contribution in [0.15, 0.2) is 48.5 Å². The molecule has 0 atom stereocenters. The van der Waals surface area contributed by atoms with E-state index in [1.807, 2.05) is 53.7 Å². The average molecular weight is 413 g/mol. The van der Waals surface area contributed by atoms with E-state index in [1.165, 1.54) is 0 Å². The molecule has 27 heavy (non-hydrogen) atoms. The topological polar surface area (TPSA) is 52.6 Å². The van der Waals surface area contributed by atoms with Crippen LogP contribution in [-0.2, 0) is 14.7 Å². The van der Waals surface area contributed by atoms with Gasteiger partial charge in [-0.25, -0.2) is 0 Å². The maximum absolute atomic E-state index is 12.8. The van der Waals surface area contributed by atoms with Gasteiger partial charge in [0.25, 0.3) is 0 Å². The van der Waals surface area contributed by atoms with E-state index in [9.17, 15) is 9.59 Å². The van der Waals surface area contributed by atoms with Crippen molar-refractivity contribution in [2.75, 3.05) is 0 Å². The second-order valence-electron chi connectivity index (χ2n) is 8.01. The first-order valence-electron chi connectivity index (χ1n) is 8.71. The molecule has 0 fully saturated rings. The summed E-state index contributed by atoms with van der Waals surface area (Å²) in [6.07, 6.45) is 0. The Labute approximate surface area is 167 Å². The van der Waals surface area contributed by atoms with Gasteiger partial charge in [-0.2, -0.15) is 0 Å². The zero-order valence-electron chi connectivity index (χ0n) is 16.6. The van der Waals surface area contributed by atoms with Gasteiger partial charge >= 0.3 is 167 Å². The van der Waals surface area contributed by atoms with Gasteiger partial charge in [-0.15, -0.1) is 0 Å². The summed E-state index contributed by atoms with van der Waals surface area (Å²) in [7, 11) is 0. The Morgan fingerprint density at radius 3 is 1.33 bits per heavy atom. The van der Waals surface area contributed by atoms with Gasteiger partial charge in [0.05, 0.1) is 0 Å². The van der Waals surface area contributed by atoms with E-state index in [1.54, 1.807) is 36.4 Å². The summed E-state index contributed by atoms with van der Waals surface area (Å²) in [6, 6.07) is 14.0. The third-order valence-electron chi connectivity index (χ3n) is 3.16. The molecule has 5 heteroatoms. The second kappa shape index (κ2) is 8.27. The molecule has 2 rings (SSSR count). The van der Waals surface area contributed by atoms with Crippen molar-refractivity contribution < 1.29 is 33.8 Å². The number of rotatable bonds is 6. The predicted octanol–water partition coefficient (Wildman–Crippen LogP) is 5.10. The van der Waals surface area contributed by atoms with E-state index in [0.717, 1.165) is 0 Å². The van der Waals surface area contributed by atoms with Crippen molar-refractivity contribution in [3.8, 4) is 11.5 Å². The molecule has 0 saturated carbocycles. The van der Waals surface area contributed by atoms with Gasteiger partial charge in [-0.05, 0) is 0 Å². The molecule has 0 bridgehead atoms. The molecule has 0 unspecified atom stereocenters. The fourth-order valence-corrected chi connectivity index (χ4v) is 3.16. The summed E-state index contributed by atoms with van der Waals surface area (Å²) in [4.78, 5) is 25.6. The molecule has 2 aromatic rings. The Morgan fingerprint density at radius 1 is 0.667 bits per heavy atom. The summed E-state index contributed by atoms with van der Waals surface area (Å²) in [6.45, 7) is 11.5. The van der Waals surface area contributed by atoms with E-state index in [-0.39, 0.29) is 24.1 Å². The van der Waals surface area contributed by atoms with Gasteiger partial charge < -0.3 is 0 Å². The maximum atomic E-state index is 12.8. The molecule has 0 amide bonds. The molecule has 0 radical (unpaired) electrons. The molecule has 0 saturated heterocycles. The molecular formula is C22H26CoO4. The Morgan fingerprint density at radius 2 is 1.00 bits per heavy atom. The standard InChI is InChI=1S/2C11H13O2.Co/c2*1-11(2,3)13-10-7-5-4-6-9(10)8-12;/h2*4-7H,1-3H3;. The Kier molecular flexibility index (Phi) is 6.49. The van der Waals surface area contributed by atoms with Crippen LogP contribution in [0, 0.1) is 0 Å². The summed E-state index contributed by atoms with van der Waals surface area (Å²) in [5, 5.41) is 0. The molecule has 0 heterocycles. The molecule has 0 aliphatic carbocycles. The number of para-hydroxylation sites is 2. The van der Waals surface area contributed by atoms with Crippen molar-refractivity contribution in [3.63, 3.8) is 0 Å². The first kappa shape index (κ1) is 21.2. The molecule has 0 aromatic heterocycles. The van der Waals surface area contributed by atoms with E-state index in [2.05, 4.69) is 0 Å². The Bertz CT molecular complexity index is 759. The molecule has 147 valence electrons. The summed E-state index contributed by atoms with van der Waals surface area (Å²) < 4.78 is 11.1.